The minimum atomic E-state index is 0.532. The summed E-state index contributed by atoms with van der Waals surface area (Å²) < 4.78 is 0.890. The van der Waals surface area contributed by atoms with Gasteiger partial charge in [-0.2, -0.15) is 0 Å². The molecule has 13 heavy (non-hydrogen) atoms. The molecule has 0 amide bonds. The van der Waals surface area contributed by atoms with Gasteiger partial charge in [-0.1, -0.05) is 18.3 Å². The molecule has 0 radical (unpaired) electrons. The van der Waals surface area contributed by atoms with Gasteiger partial charge in [-0.25, -0.2) is 0 Å². The molecular weight excluding hydrogens is 180 g/mol. The summed E-state index contributed by atoms with van der Waals surface area (Å²) in [4.78, 5) is 5.46. The van der Waals surface area contributed by atoms with Gasteiger partial charge in [-0.05, 0) is 32.5 Å². The molecule has 0 aromatic carbocycles. The molecule has 0 aliphatic carbocycles. The second kappa shape index (κ2) is 3.60. The molecule has 1 fully saturated rings. The van der Waals surface area contributed by atoms with E-state index in [1.807, 2.05) is 12.3 Å². The molecule has 1 N–H and O–H groups in total. The van der Waals surface area contributed by atoms with E-state index >= 15 is 0 Å². The Labute approximate surface area is 83.6 Å². The number of nitrogens with one attached hydrogen (secondary N) is 1. The van der Waals surface area contributed by atoms with Crippen molar-refractivity contribution in [1.82, 2.24) is 9.88 Å². The van der Waals surface area contributed by atoms with Crippen LogP contribution in [0.25, 0.3) is 0 Å². The molecule has 1 saturated heterocycles. The smallest absolute Gasteiger partial charge is 0.108 e. The van der Waals surface area contributed by atoms with E-state index in [2.05, 4.69) is 23.0 Å². The van der Waals surface area contributed by atoms with E-state index in [4.69, 9.17) is 12.2 Å². The highest BCUT2D eigenvalue weighted by atomic mass is 32.1. The zero-order valence-corrected chi connectivity index (χ0v) is 8.60. The summed E-state index contributed by atoms with van der Waals surface area (Å²) in [5, 5.41) is 0. The minimum absolute atomic E-state index is 0.532. The van der Waals surface area contributed by atoms with E-state index < -0.39 is 0 Å². The fraction of sp³-hybridized carbons (Fsp3) is 0.500. The molecule has 1 aliphatic rings. The summed E-state index contributed by atoms with van der Waals surface area (Å²) in [6.45, 7) is 1.19. The molecule has 2 nitrogen and oxygen atoms in total. The maximum atomic E-state index is 5.26. The first-order valence-corrected chi connectivity index (χ1v) is 5.07. The Balaban J connectivity index is 2.35. The van der Waals surface area contributed by atoms with Gasteiger partial charge < -0.3 is 4.98 Å². The lowest BCUT2D eigenvalue weighted by Gasteiger charge is -2.19. The maximum Gasteiger partial charge on any atom is 0.108 e. The molecule has 3 heteroatoms. The number of aromatic amines is 1. The summed E-state index contributed by atoms with van der Waals surface area (Å²) in [5.74, 6) is 0. The van der Waals surface area contributed by atoms with E-state index in [9.17, 15) is 0 Å². The summed E-state index contributed by atoms with van der Waals surface area (Å²) in [7, 11) is 2.17. The molecule has 2 heterocycles. The minimum Gasteiger partial charge on any atom is -0.353 e. The van der Waals surface area contributed by atoms with Crippen molar-refractivity contribution in [2.75, 3.05) is 13.6 Å². The normalized spacial score (nSPS) is 23.6. The van der Waals surface area contributed by atoms with E-state index in [-0.39, 0.29) is 0 Å². The highest BCUT2D eigenvalue weighted by Gasteiger charge is 2.23. The summed E-state index contributed by atoms with van der Waals surface area (Å²) in [5.41, 5.74) is 1.28. The first-order chi connectivity index (χ1) is 6.29. The van der Waals surface area contributed by atoms with Crippen LogP contribution in [-0.4, -0.2) is 23.5 Å². The number of hydrogen-bond acceptors (Lipinski definition) is 2. The van der Waals surface area contributed by atoms with Crippen LogP contribution in [0.5, 0.6) is 0 Å². The van der Waals surface area contributed by atoms with Crippen LogP contribution in [0.4, 0.5) is 0 Å². The van der Waals surface area contributed by atoms with Crippen LogP contribution in [0.15, 0.2) is 18.3 Å². The highest BCUT2D eigenvalue weighted by Crippen LogP contribution is 2.30. The standard InChI is InChI=1S/C10H14N2S/c1-12-7-3-5-9(12)8-4-2-6-11-10(8)13/h2,4,6,9H,3,5,7H2,1H3,(H,11,13)/t9-/m0/s1. The van der Waals surface area contributed by atoms with Gasteiger partial charge in [0.25, 0.3) is 0 Å². The molecule has 1 aromatic rings. The Morgan fingerprint density at radius 1 is 1.62 bits per heavy atom. The number of H-pyrrole nitrogens is 1. The Morgan fingerprint density at radius 2 is 2.46 bits per heavy atom. The lowest BCUT2D eigenvalue weighted by molar-refractivity contribution is 0.316. The summed E-state index contributed by atoms with van der Waals surface area (Å²) in [6.07, 6.45) is 4.41. The van der Waals surface area contributed by atoms with Gasteiger partial charge in [0, 0.05) is 17.8 Å². The largest absolute Gasteiger partial charge is 0.353 e. The van der Waals surface area contributed by atoms with E-state index in [0.29, 0.717) is 6.04 Å². The Morgan fingerprint density at radius 3 is 3.08 bits per heavy atom. The third kappa shape index (κ3) is 1.67. The van der Waals surface area contributed by atoms with Crippen LogP contribution in [0.1, 0.15) is 24.4 Å². The number of nitrogens with zero attached hydrogens (tertiary/aromatic N) is 1. The molecule has 1 aliphatic heterocycles. The fourth-order valence-electron chi connectivity index (χ4n) is 2.00. The van der Waals surface area contributed by atoms with Crippen molar-refractivity contribution in [3.05, 3.63) is 28.5 Å². The predicted molar refractivity (Wildman–Crippen MR) is 56.2 cm³/mol. The molecule has 70 valence electrons. The summed E-state index contributed by atoms with van der Waals surface area (Å²) in [6, 6.07) is 4.69. The Bertz CT molecular complexity index is 345. The first kappa shape index (κ1) is 8.91. The van der Waals surface area contributed by atoms with Crippen LogP contribution < -0.4 is 0 Å². The lowest BCUT2D eigenvalue weighted by Crippen LogP contribution is -2.17. The Kier molecular flexibility index (Phi) is 2.47. The maximum absolute atomic E-state index is 5.26. The number of likely N-dealkylation sites (tertiary alicyclic amines) is 1. The third-order valence-electron chi connectivity index (χ3n) is 2.73. The van der Waals surface area contributed by atoms with Gasteiger partial charge in [0.15, 0.2) is 0 Å². The quantitative estimate of drug-likeness (QED) is 0.693. The van der Waals surface area contributed by atoms with Gasteiger partial charge in [0.05, 0.1) is 0 Å². The van der Waals surface area contributed by atoms with Crippen LogP contribution in [0.3, 0.4) is 0 Å². The van der Waals surface area contributed by atoms with Gasteiger partial charge in [-0.15, -0.1) is 0 Å². The second-order valence-electron chi connectivity index (χ2n) is 3.59. The molecule has 0 bridgehead atoms. The number of rotatable bonds is 1. The monoisotopic (exact) mass is 194 g/mol. The molecule has 1 aromatic heterocycles. The highest BCUT2D eigenvalue weighted by molar-refractivity contribution is 7.71. The number of pyridine rings is 1. The van der Waals surface area contributed by atoms with Crippen molar-refractivity contribution in [3.63, 3.8) is 0 Å². The van der Waals surface area contributed by atoms with E-state index in [1.54, 1.807) is 0 Å². The van der Waals surface area contributed by atoms with Gasteiger partial charge in [0.2, 0.25) is 0 Å². The van der Waals surface area contributed by atoms with Gasteiger partial charge in [0.1, 0.15) is 4.64 Å². The van der Waals surface area contributed by atoms with Crippen molar-refractivity contribution in [3.8, 4) is 0 Å². The van der Waals surface area contributed by atoms with E-state index in [1.165, 1.54) is 24.9 Å². The zero-order valence-electron chi connectivity index (χ0n) is 7.79. The van der Waals surface area contributed by atoms with Crippen LogP contribution in [-0.2, 0) is 0 Å². The molecule has 0 saturated carbocycles. The zero-order chi connectivity index (χ0) is 9.26. The molecule has 1 atom stereocenters. The van der Waals surface area contributed by atoms with Crippen molar-refractivity contribution in [1.29, 1.82) is 0 Å². The van der Waals surface area contributed by atoms with Crippen LogP contribution in [0.2, 0.25) is 0 Å². The lowest BCUT2D eigenvalue weighted by atomic mass is 10.1. The SMILES string of the molecule is CN1CCC[C@H]1c1ccc[nH]c1=S. The average molecular weight is 194 g/mol. The van der Waals surface area contributed by atoms with Gasteiger partial charge >= 0.3 is 0 Å². The third-order valence-corrected chi connectivity index (χ3v) is 3.08. The molecular formula is C10H14N2S. The molecule has 0 unspecified atom stereocenters. The van der Waals surface area contributed by atoms with Crippen molar-refractivity contribution in [2.45, 2.75) is 18.9 Å². The first-order valence-electron chi connectivity index (χ1n) is 4.67. The van der Waals surface area contributed by atoms with Crippen molar-refractivity contribution < 1.29 is 0 Å². The van der Waals surface area contributed by atoms with Gasteiger partial charge in [-0.3, -0.25) is 4.90 Å². The average Bonchev–Trinajstić information content (AvgIpc) is 2.52. The molecule has 2 rings (SSSR count). The van der Waals surface area contributed by atoms with Crippen molar-refractivity contribution in [2.24, 2.45) is 0 Å². The number of hydrogen-bond donors (Lipinski definition) is 1. The van der Waals surface area contributed by atoms with Crippen LogP contribution in [0, 0.1) is 4.64 Å². The molecule has 0 spiro atoms. The summed E-state index contributed by atoms with van der Waals surface area (Å²) >= 11 is 5.26. The fourth-order valence-corrected chi connectivity index (χ4v) is 2.27. The predicted octanol–water partition coefficient (Wildman–Crippen LogP) is 2.51. The second-order valence-corrected chi connectivity index (χ2v) is 4.00. The van der Waals surface area contributed by atoms with Crippen LogP contribution >= 0.6 is 12.2 Å². The van der Waals surface area contributed by atoms with Crippen molar-refractivity contribution >= 4 is 12.2 Å². The Hall–Kier alpha value is -0.670. The topological polar surface area (TPSA) is 19.0 Å². The number of aromatic nitrogens is 1. The van der Waals surface area contributed by atoms with E-state index in [0.717, 1.165) is 4.64 Å².